The van der Waals surface area contributed by atoms with Gasteiger partial charge in [-0.15, -0.1) is 0 Å². The first-order valence-electron chi connectivity index (χ1n) is 8.51. The molecule has 0 saturated heterocycles. The average Bonchev–Trinajstić information content (AvgIpc) is 3.03. The van der Waals surface area contributed by atoms with Crippen LogP contribution in [0.15, 0.2) is 17.6 Å². The molecule has 0 radical (unpaired) electrons. The van der Waals surface area contributed by atoms with Gasteiger partial charge in [0.25, 0.3) is 0 Å². The van der Waals surface area contributed by atoms with E-state index in [0.717, 1.165) is 17.1 Å². The summed E-state index contributed by atoms with van der Waals surface area (Å²) in [6.45, 7) is 9.56. The second kappa shape index (κ2) is 7.19. The van der Waals surface area contributed by atoms with E-state index in [1.165, 1.54) is 11.8 Å². The highest BCUT2D eigenvalue weighted by Crippen LogP contribution is 2.30. The lowest BCUT2D eigenvalue weighted by Crippen LogP contribution is -2.21. The van der Waals surface area contributed by atoms with Gasteiger partial charge in [-0.25, -0.2) is 24.7 Å². The van der Waals surface area contributed by atoms with Crippen LogP contribution in [0, 0.1) is 0 Å². The van der Waals surface area contributed by atoms with Crippen LogP contribution in [0.3, 0.4) is 0 Å². The summed E-state index contributed by atoms with van der Waals surface area (Å²) in [6, 6.07) is 0. The fourth-order valence-electron chi connectivity index (χ4n) is 2.71. The molecule has 0 N–H and O–H groups in total. The smallest absolute Gasteiger partial charge is 0.343 e. The first kappa shape index (κ1) is 18.6. The van der Waals surface area contributed by atoms with Crippen LogP contribution in [0.5, 0.6) is 0 Å². The Bertz CT molecular complexity index is 835. The minimum Gasteiger partial charge on any atom is -0.462 e. The van der Waals surface area contributed by atoms with Gasteiger partial charge in [-0.1, -0.05) is 32.5 Å². The standard InChI is InChI=1S/C18H23N5O2S/c1-6-25-15(24)12-8-20-17(26-5)22-14(12)23-9-11-7-19-16(18(2,3)4)21-13(11)10-23/h7-8H,6,9-10H2,1-5H3. The summed E-state index contributed by atoms with van der Waals surface area (Å²) in [4.78, 5) is 32.4. The van der Waals surface area contributed by atoms with Crippen molar-refractivity contribution < 1.29 is 9.53 Å². The lowest BCUT2D eigenvalue weighted by atomic mass is 9.95. The van der Waals surface area contributed by atoms with E-state index in [4.69, 9.17) is 9.72 Å². The minimum absolute atomic E-state index is 0.112. The van der Waals surface area contributed by atoms with E-state index in [9.17, 15) is 4.79 Å². The van der Waals surface area contributed by atoms with Crippen molar-refractivity contribution in [3.63, 3.8) is 0 Å². The van der Waals surface area contributed by atoms with Gasteiger partial charge in [0.1, 0.15) is 17.2 Å². The van der Waals surface area contributed by atoms with Crippen LogP contribution >= 0.6 is 11.8 Å². The van der Waals surface area contributed by atoms with E-state index < -0.39 is 5.97 Å². The zero-order valence-corrected chi connectivity index (χ0v) is 16.6. The first-order chi connectivity index (χ1) is 12.3. The van der Waals surface area contributed by atoms with Gasteiger partial charge >= 0.3 is 5.97 Å². The molecule has 0 spiro atoms. The lowest BCUT2D eigenvalue weighted by molar-refractivity contribution is 0.0526. The molecule has 3 rings (SSSR count). The zero-order chi connectivity index (χ0) is 18.9. The molecule has 0 unspecified atom stereocenters. The van der Waals surface area contributed by atoms with Crippen molar-refractivity contribution in [2.75, 3.05) is 17.8 Å². The summed E-state index contributed by atoms with van der Waals surface area (Å²) in [5, 5.41) is 0.616. The van der Waals surface area contributed by atoms with Crippen LogP contribution in [-0.2, 0) is 23.2 Å². The number of fused-ring (bicyclic) bond motifs is 1. The summed E-state index contributed by atoms with van der Waals surface area (Å²) >= 11 is 1.44. The van der Waals surface area contributed by atoms with Crippen LogP contribution in [0.2, 0.25) is 0 Å². The highest BCUT2D eigenvalue weighted by atomic mass is 32.2. The molecule has 2 aromatic rings. The molecule has 0 saturated carbocycles. The fourth-order valence-corrected chi connectivity index (χ4v) is 3.05. The molecule has 8 heteroatoms. The van der Waals surface area contributed by atoms with Crippen molar-refractivity contribution in [1.82, 2.24) is 19.9 Å². The van der Waals surface area contributed by atoms with Crippen molar-refractivity contribution in [2.45, 2.75) is 51.4 Å². The third-order valence-corrected chi connectivity index (χ3v) is 4.61. The molecule has 0 atom stereocenters. The number of carbonyl (C=O) groups excluding carboxylic acids is 1. The number of esters is 1. The molecule has 2 aromatic heterocycles. The average molecular weight is 373 g/mol. The Morgan fingerprint density at radius 1 is 1.23 bits per heavy atom. The van der Waals surface area contributed by atoms with Gasteiger partial charge in [-0.2, -0.15) is 0 Å². The monoisotopic (exact) mass is 373 g/mol. The summed E-state index contributed by atoms with van der Waals surface area (Å²) in [5.74, 6) is 0.988. The molecule has 1 aliphatic rings. The van der Waals surface area contributed by atoms with Gasteiger partial charge in [0.2, 0.25) is 0 Å². The Hall–Kier alpha value is -2.22. The normalized spacial score (nSPS) is 13.7. The van der Waals surface area contributed by atoms with Gasteiger partial charge in [0.15, 0.2) is 5.16 Å². The molecule has 7 nitrogen and oxygen atoms in total. The third kappa shape index (κ3) is 3.65. The van der Waals surface area contributed by atoms with Crippen LogP contribution in [0.25, 0.3) is 0 Å². The highest BCUT2D eigenvalue weighted by Gasteiger charge is 2.29. The number of ether oxygens (including phenoxy) is 1. The lowest BCUT2D eigenvalue weighted by Gasteiger charge is -2.19. The van der Waals surface area contributed by atoms with E-state index in [2.05, 4.69) is 35.7 Å². The van der Waals surface area contributed by atoms with E-state index >= 15 is 0 Å². The number of carbonyl (C=O) groups is 1. The maximum absolute atomic E-state index is 12.3. The number of thioether (sulfide) groups is 1. The third-order valence-electron chi connectivity index (χ3n) is 4.05. The van der Waals surface area contributed by atoms with Crippen LogP contribution in [0.4, 0.5) is 5.82 Å². The van der Waals surface area contributed by atoms with Crippen molar-refractivity contribution in [3.8, 4) is 0 Å². The molecular weight excluding hydrogens is 350 g/mol. The van der Waals surface area contributed by atoms with Crippen LogP contribution < -0.4 is 4.90 Å². The van der Waals surface area contributed by atoms with Crippen molar-refractivity contribution in [1.29, 1.82) is 0 Å². The Morgan fingerprint density at radius 3 is 2.65 bits per heavy atom. The molecule has 0 aromatic carbocycles. The van der Waals surface area contributed by atoms with Gasteiger partial charge in [0, 0.05) is 29.9 Å². The van der Waals surface area contributed by atoms with Gasteiger partial charge in [0.05, 0.1) is 18.8 Å². The van der Waals surface area contributed by atoms with Gasteiger partial charge in [-0.05, 0) is 13.2 Å². The summed E-state index contributed by atoms with van der Waals surface area (Å²) in [5.41, 5.74) is 2.29. The predicted octanol–water partition coefficient (Wildman–Crippen LogP) is 2.98. The SMILES string of the molecule is CCOC(=O)c1cnc(SC)nc1N1Cc2cnc(C(C)(C)C)nc2C1. The number of hydrogen-bond donors (Lipinski definition) is 0. The Balaban J connectivity index is 1.95. The van der Waals surface area contributed by atoms with Crippen molar-refractivity contribution in [2.24, 2.45) is 0 Å². The minimum atomic E-state index is -0.410. The van der Waals surface area contributed by atoms with Crippen molar-refractivity contribution >= 4 is 23.5 Å². The molecule has 26 heavy (non-hydrogen) atoms. The topological polar surface area (TPSA) is 81.1 Å². The van der Waals surface area contributed by atoms with Crippen molar-refractivity contribution in [3.05, 3.63) is 35.0 Å². The van der Waals surface area contributed by atoms with E-state index in [1.54, 1.807) is 13.1 Å². The van der Waals surface area contributed by atoms with E-state index in [0.29, 0.717) is 36.2 Å². The first-order valence-corrected chi connectivity index (χ1v) is 9.74. The number of rotatable bonds is 4. The van der Waals surface area contributed by atoms with E-state index in [-0.39, 0.29) is 5.41 Å². The second-order valence-electron chi connectivity index (χ2n) is 7.09. The number of anilines is 1. The summed E-state index contributed by atoms with van der Waals surface area (Å²) in [7, 11) is 0. The maximum atomic E-state index is 12.3. The molecule has 138 valence electrons. The number of nitrogens with zero attached hydrogens (tertiary/aromatic N) is 5. The molecule has 0 fully saturated rings. The second-order valence-corrected chi connectivity index (χ2v) is 7.86. The zero-order valence-electron chi connectivity index (χ0n) is 15.7. The molecular formula is C18H23N5O2S. The predicted molar refractivity (Wildman–Crippen MR) is 100 cm³/mol. The highest BCUT2D eigenvalue weighted by molar-refractivity contribution is 7.98. The largest absolute Gasteiger partial charge is 0.462 e. The van der Waals surface area contributed by atoms with E-state index in [1.807, 2.05) is 17.4 Å². The molecule has 3 heterocycles. The number of aromatic nitrogens is 4. The van der Waals surface area contributed by atoms with Crippen LogP contribution in [0.1, 0.15) is 55.1 Å². The Kier molecular flexibility index (Phi) is 5.13. The quantitative estimate of drug-likeness (QED) is 0.460. The summed E-state index contributed by atoms with van der Waals surface area (Å²) < 4.78 is 5.16. The van der Waals surface area contributed by atoms with Gasteiger partial charge < -0.3 is 9.64 Å². The molecule has 0 aliphatic carbocycles. The Labute approximate surface area is 157 Å². The Morgan fingerprint density at radius 2 is 2.00 bits per heavy atom. The summed E-state index contributed by atoms with van der Waals surface area (Å²) in [6.07, 6.45) is 5.33. The fraction of sp³-hybridized carbons (Fsp3) is 0.500. The maximum Gasteiger partial charge on any atom is 0.343 e. The molecule has 1 aliphatic heterocycles. The molecule has 0 amide bonds. The number of hydrogen-bond acceptors (Lipinski definition) is 8. The van der Waals surface area contributed by atoms with Crippen LogP contribution in [-0.4, -0.2) is 38.8 Å². The van der Waals surface area contributed by atoms with Gasteiger partial charge in [-0.3, -0.25) is 0 Å². The molecule has 0 bridgehead atoms.